The molecule has 0 spiro atoms. The Morgan fingerprint density at radius 3 is 2.30 bits per heavy atom. The van der Waals surface area contributed by atoms with Crippen LogP contribution in [0.3, 0.4) is 0 Å². The van der Waals surface area contributed by atoms with Crippen molar-refractivity contribution in [3.05, 3.63) is 51.7 Å². The maximum atomic E-state index is 5.20. The third kappa shape index (κ3) is 4.35. The molecule has 3 heteroatoms. The third-order valence-corrected chi connectivity index (χ3v) is 5.62. The molecular weight excluding hydrogens is 332 g/mol. The second kappa shape index (κ2) is 7.84. The number of hydrogen-bond donors (Lipinski definition) is 0. The normalized spacial score (nSPS) is 12.3. The van der Waals surface area contributed by atoms with Gasteiger partial charge in [0.2, 0.25) is 0 Å². The summed E-state index contributed by atoms with van der Waals surface area (Å²) in [5, 5.41) is 1.04. The Bertz CT molecular complexity index is 518. The summed E-state index contributed by atoms with van der Waals surface area (Å²) in [5.74, 6) is 1.57. The second-order valence-electron chi connectivity index (χ2n) is 5.00. The minimum absolute atomic E-state index is 0.645. The molecule has 1 unspecified atom stereocenters. The van der Waals surface area contributed by atoms with Gasteiger partial charge < -0.3 is 4.74 Å². The molecule has 2 rings (SSSR count). The molecule has 0 aliphatic rings. The Morgan fingerprint density at radius 2 is 1.75 bits per heavy atom. The summed E-state index contributed by atoms with van der Waals surface area (Å²) in [6.45, 7) is 2.22. The fourth-order valence-electron chi connectivity index (χ4n) is 2.28. The van der Waals surface area contributed by atoms with Gasteiger partial charge in [-0.2, -0.15) is 0 Å². The minimum atomic E-state index is 0.645. The molecule has 1 aromatic carbocycles. The number of methoxy groups -OCH3 is 1. The van der Waals surface area contributed by atoms with Gasteiger partial charge in [-0.15, -0.1) is 11.3 Å². The van der Waals surface area contributed by atoms with Gasteiger partial charge in [0.1, 0.15) is 5.75 Å². The first-order valence-electron chi connectivity index (χ1n) is 7.01. The van der Waals surface area contributed by atoms with E-state index in [4.69, 9.17) is 4.74 Å². The van der Waals surface area contributed by atoms with Gasteiger partial charge in [-0.05, 0) is 55.0 Å². The van der Waals surface area contributed by atoms with Crippen molar-refractivity contribution >= 4 is 27.3 Å². The monoisotopic (exact) mass is 352 g/mol. The van der Waals surface area contributed by atoms with Crippen molar-refractivity contribution in [2.75, 3.05) is 12.4 Å². The van der Waals surface area contributed by atoms with Crippen molar-refractivity contribution < 1.29 is 4.74 Å². The molecule has 20 heavy (non-hydrogen) atoms. The van der Waals surface area contributed by atoms with E-state index in [0.717, 1.165) is 30.3 Å². The summed E-state index contributed by atoms with van der Waals surface area (Å²) >= 11 is 5.62. The predicted octanol–water partition coefficient (Wildman–Crippen LogP) is 5.12. The van der Waals surface area contributed by atoms with E-state index in [9.17, 15) is 0 Å². The van der Waals surface area contributed by atoms with Gasteiger partial charge in [0.15, 0.2) is 0 Å². The first kappa shape index (κ1) is 15.6. The maximum absolute atomic E-state index is 5.20. The number of rotatable bonds is 7. The smallest absolute Gasteiger partial charge is 0.118 e. The van der Waals surface area contributed by atoms with Crippen LogP contribution in [0.2, 0.25) is 0 Å². The molecule has 2 aromatic rings. The molecule has 0 aliphatic carbocycles. The zero-order chi connectivity index (χ0) is 14.4. The Morgan fingerprint density at radius 1 is 1.05 bits per heavy atom. The lowest BCUT2D eigenvalue weighted by atomic mass is 9.97. The Kier molecular flexibility index (Phi) is 6.11. The van der Waals surface area contributed by atoms with E-state index in [1.807, 2.05) is 23.5 Å². The van der Waals surface area contributed by atoms with Crippen LogP contribution in [0, 0.1) is 5.92 Å². The summed E-state index contributed by atoms with van der Waals surface area (Å²) < 4.78 is 5.20. The van der Waals surface area contributed by atoms with E-state index in [-0.39, 0.29) is 0 Å². The van der Waals surface area contributed by atoms with Crippen molar-refractivity contribution in [2.45, 2.75) is 26.2 Å². The summed E-state index contributed by atoms with van der Waals surface area (Å²) in [5.41, 5.74) is 1.38. The summed E-state index contributed by atoms with van der Waals surface area (Å²) in [7, 11) is 1.71. The number of ether oxygens (including phenoxy) is 1. The lowest BCUT2D eigenvalue weighted by Crippen LogP contribution is -2.09. The van der Waals surface area contributed by atoms with Gasteiger partial charge in [-0.1, -0.05) is 35.0 Å². The molecule has 1 aromatic heterocycles. The number of benzene rings is 1. The van der Waals surface area contributed by atoms with Crippen LogP contribution in [0.4, 0.5) is 0 Å². The average molecular weight is 353 g/mol. The number of thiophene rings is 1. The van der Waals surface area contributed by atoms with Gasteiger partial charge in [0.25, 0.3) is 0 Å². The van der Waals surface area contributed by atoms with E-state index in [0.29, 0.717) is 5.92 Å². The van der Waals surface area contributed by atoms with Crippen molar-refractivity contribution in [1.82, 2.24) is 0 Å². The predicted molar refractivity (Wildman–Crippen MR) is 91.4 cm³/mol. The van der Waals surface area contributed by atoms with Gasteiger partial charge in [0, 0.05) is 15.1 Å². The van der Waals surface area contributed by atoms with Crippen molar-refractivity contribution in [3.8, 4) is 5.75 Å². The fourth-order valence-corrected chi connectivity index (χ4v) is 3.81. The quantitative estimate of drug-likeness (QED) is 0.628. The molecule has 0 saturated carbocycles. The van der Waals surface area contributed by atoms with Crippen LogP contribution in [-0.4, -0.2) is 12.4 Å². The number of aryl methyl sites for hydroxylation is 1. The highest BCUT2D eigenvalue weighted by molar-refractivity contribution is 9.09. The summed E-state index contributed by atoms with van der Waals surface area (Å²) in [4.78, 5) is 2.98. The van der Waals surface area contributed by atoms with Crippen LogP contribution < -0.4 is 4.74 Å². The molecule has 1 atom stereocenters. The molecule has 0 amide bonds. The van der Waals surface area contributed by atoms with Crippen molar-refractivity contribution in [1.29, 1.82) is 0 Å². The maximum Gasteiger partial charge on any atom is 0.118 e. The second-order valence-corrected chi connectivity index (χ2v) is 6.90. The molecule has 1 nitrogen and oxygen atoms in total. The number of halogens is 1. The molecule has 108 valence electrons. The Balaban J connectivity index is 1.97. The summed E-state index contributed by atoms with van der Waals surface area (Å²) in [6, 6.07) is 13.0. The summed E-state index contributed by atoms with van der Waals surface area (Å²) in [6.07, 6.45) is 3.40. The van der Waals surface area contributed by atoms with Crippen LogP contribution in [-0.2, 0) is 19.3 Å². The minimum Gasteiger partial charge on any atom is -0.497 e. The topological polar surface area (TPSA) is 9.23 Å². The van der Waals surface area contributed by atoms with E-state index in [1.165, 1.54) is 15.3 Å². The SMILES string of the molecule is CCc1ccc(CC(CBr)Cc2ccc(OC)cc2)s1. The highest BCUT2D eigenvalue weighted by Gasteiger charge is 2.11. The standard InChI is InChI=1S/C17H21BrOS/c1-3-16-8-9-17(20-16)11-14(12-18)10-13-4-6-15(19-2)7-5-13/h4-9,14H,3,10-12H2,1-2H3. The molecule has 0 radical (unpaired) electrons. The van der Waals surface area contributed by atoms with Gasteiger partial charge in [-0.3, -0.25) is 0 Å². The molecule has 0 saturated heterocycles. The molecule has 0 fully saturated rings. The Labute approximate surface area is 134 Å². The molecular formula is C17H21BrOS. The zero-order valence-electron chi connectivity index (χ0n) is 12.1. The number of alkyl halides is 1. The lowest BCUT2D eigenvalue weighted by molar-refractivity contribution is 0.414. The first-order valence-corrected chi connectivity index (χ1v) is 8.95. The average Bonchev–Trinajstić information content (AvgIpc) is 2.95. The molecule has 0 aliphatic heterocycles. The highest BCUT2D eigenvalue weighted by atomic mass is 79.9. The third-order valence-electron chi connectivity index (χ3n) is 3.46. The van der Waals surface area contributed by atoms with E-state index >= 15 is 0 Å². The van der Waals surface area contributed by atoms with Crippen LogP contribution in [0.15, 0.2) is 36.4 Å². The molecule has 0 bridgehead atoms. The van der Waals surface area contributed by atoms with E-state index in [1.54, 1.807) is 7.11 Å². The molecule has 1 heterocycles. The lowest BCUT2D eigenvalue weighted by Gasteiger charge is -2.13. The van der Waals surface area contributed by atoms with E-state index in [2.05, 4.69) is 47.1 Å². The van der Waals surface area contributed by atoms with Crippen molar-refractivity contribution in [3.63, 3.8) is 0 Å². The van der Waals surface area contributed by atoms with Crippen LogP contribution in [0.5, 0.6) is 5.75 Å². The first-order chi connectivity index (χ1) is 9.75. The van der Waals surface area contributed by atoms with Gasteiger partial charge >= 0.3 is 0 Å². The van der Waals surface area contributed by atoms with Crippen LogP contribution >= 0.6 is 27.3 Å². The molecule has 0 N–H and O–H groups in total. The van der Waals surface area contributed by atoms with E-state index < -0.39 is 0 Å². The van der Waals surface area contributed by atoms with Crippen molar-refractivity contribution in [2.24, 2.45) is 5.92 Å². The zero-order valence-corrected chi connectivity index (χ0v) is 14.5. The number of hydrogen-bond acceptors (Lipinski definition) is 2. The van der Waals surface area contributed by atoms with Crippen LogP contribution in [0.25, 0.3) is 0 Å². The highest BCUT2D eigenvalue weighted by Crippen LogP contribution is 2.24. The Hall–Kier alpha value is -0.800. The largest absolute Gasteiger partial charge is 0.497 e. The van der Waals surface area contributed by atoms with Gasteiger partial charge in [0.05, 0.1) is 7.11 Å². The fraction of sp³-hybridized carbons (Fsp3) is 0.412. The van der Waals surface area contributed by atoms with Gasteiger partial charge in [-0.25, -0.2) is 0 Å². The van der Waals surface area contributed by atoms with Crippen LogP contribution in [0.1, 0.15) is 22.2 Å².